The van der Waals surface area contributed by atoms with E-state index in [0.29, 0.717) is 16.3 Å². The summed E-state index contributed by atoms with van der Waals surface area (Å²) in [6.45, 7) is 1.16. The molecule has 184 valence electrons. The molecule has 1 amide bonds. The molecule has 0 radical (unpaired) electrons. The number of nitrogens with one attached hydrogen (secondary N) is 1. The third-order valence-electron chi connectivity index (χ3n) is 5.54. The molecule has 0 spiro atoms. The third-order valence-corrected chi connectivity index (χ3v) is 7.71. The van der Waals surface area contributed by atoms with Crippen LogP contribution in [0.3, 0.4) is 0 Å². The van der Waals surface area contributed by atoms with Gasteiger partial charge in [-0.3, -0.25) is 9.00 Å². The predicted molar refractivity (Wildman–Crippen MR) is 140 cm³/mol. The van der Waals surface area contributed by atoms with E-state index in [-0.39, 0.29) is 16.7 Å². The number of rotatable bonds is 7. The fourth-order valence-electron chi connectivity index (χ4n) is 3.34. The Morgan fingerprint density at radius 1 is 0.944 bits per heavy atom. The Bertz CT molecular complexity index is 1460. The van der Waals surface area contributed by atoms with Crippen molar-refractivity contribution in [1.82, 2.24) is 20.1 Å². The molecule has 0 saturated carbocycles. The Morgan fingerprint density at radius 3 is 2.14 bits per heavy atom. The summed E-state index contributed by atoms with van der Waals surface area (Å²) < 4.78 is 13.4. The van der Waals surface area contributed by atoms with E-state index in [4.69, 9.17) is 23.2 Å². The standard InChI is InChI=1S/C25H20Cl2N4O4S/c1-25(24(33)34,36(2)35)29-23(32)22-28-21(30-31(22)18-12-13-19(26)20(27)14-18)17-10-8-16(9-11-17)15-6-4-3-5-7-15/h3-14H,1-2H3,(H,29,32)(H,33,34)/t25?,36-/m1/s1. The van der Waals surface area contributed by atoms with Gasteiger partial charge in [-0.05, 0) is 36.2 Å². The summed E-state index contributed by atoms with van der Waals surface area (Å²) in [5, 5.41) is 16.9. The summed E-state index contributed by atoms with van der Waals surface area (Å²) in [5.74, 6) is -2.32. The van der Waals surface area contributed by atoms with Crippen LogP contribution in [-0.4, -0.2) is 47.1 Å². The van der Waals surface area contributed by atoms with E-state index in [1.807, 2.05) is 54.6 Å². The lowest BCUT2D eigenvalue weighted by molar-refractivity contribution is -0.140. The van der Waals surface area contributed by atoms with Crippen molar-refractivity contribution >= 4 is 45.9 Å². The van der Waals surface area contributed by atoms with Crippen LogP contribution in [0.1, 0.15) is 17.5 Å². The molecule has 36 heavy (non-hydrogen) atoms. The molecule has 3 aromatic carbocycles. The first-order valence-corrected chi connectivity index (χ1v) is 12.9. The quantitative estimate of drug-likeness (QED) is 0.346. The topological polar surface area (TPSA) is 114 Å². The van der Waals surface area contributed by atoms with Gasteiger partial charge >= 0.3 is 5.97 Å². The summed E-state index contributed by atoms with van der Waals surface area (Å²) in [6.07, 6.45) is 1.19. The first-order valence-electron chi connectivity index (χ1n) is 10.6. The second kappa shape index (κ2) is 10.2. The van der Waals surface area contributed by atoms with Gasteiger partial charge in [-0.1, -0.05) is 77.8 Å². The van der Waals surface area contributed by atoms with E-state index >= 15 is 0 Å². The zero-order valence-corrected chi connectivity index (χ0v) is 21.4. The molecular weight excluding hydrogens is 523 g/mol. The van der Waals surface area contributed by atoms with Crippen LogP contribution in [0, 0.1) is 0 Å². The molecule has 0 aliphatic rings. The number of nitrogens with zero attached hydrogens (tertiary/aromatic N) is 3. The number of carbonyl (C=O) groups excluding carboxylic acids is 1. The molecule has 0 saturated heterocycles. The second-order valence-electron chi connectivity index (χ2n) is 7.96. The van der Waals surface area contributed by atoms with Crippen LogP contribution < -0.4 is 5.32 Å². The van der Waals surface area contributed by atoms with Gasteiger partial charge in [0.2, 0.25) is 10.7 Å². The minimum absolute atomic E-state index is 0.214. The van der Waals surface area contributed by atoms with Gasteiger partial charge in [-0.2, -0.15) is 0 Å². The maximum absolute atomic E-state index is 13.2. The van der Waals surface area contributed by atoms with Crippen LogP contribution in [0.25, 0.3) is 28.2 Å². The van der Waals surface area contributed by atoms with Gasteiger partial charge in [0.05, 0.1) is 26.5 Å². The zero-order valence-electron chi connectivity index (χ0n) is 19.1. The molecule has 0 bridgehead atoms. The van der Waals surface area contributed by atoms with Crippen molar-refractivity contribution in [2.45, 2.75) is 11.8 Å². The molecule has 11 heteroatoms. The van der Waals surface area contributed by atoms with Crippen LogP contribution in [0.15, 0.2) is 72.8 Å². The Hall–Kier alpha value is -3.53. The van der Waals surface area contributed by atoms with Crippen molar-refractivity contribution in [3.8, 4) is 28.2 Å². The Balaban J connectivity index is 1.78. The summed E-state index contributed by atoms with van der Waals surface area (Å²) in [4.78, 5) is 27.3. The van der Waals surface area contributed by atoms with E-state index in [1.54, 1.807) is 12.1 Å². The molecular formula is C25H20Cl2N4O4S. The number of hydrogen-bond acceptors (Lipinski definition) is 5. The minimum atomic E-state index is -2.04. The molecule has 0 aliphatic heterocycles. The van der Waals surface area contributed by atoms with Crippen molar-refractivity contribution in [1.29, 1.82) is 0 Å². The molecule has 4 aromatic rings. The highest BCUT2D eigenvalue weighted by Gasteiger charge is 2.40. The van der Waals surface area contributed by atoms with Crippen LogP contribution in [0.4, 0.5) is 0 Å². The number of benzene rings is 3. The van der Waals surface area contributed by atoms with E-state index in [9.17, 15) is 18.9 Å². The smallest absolute Gasteiger partial charge is 0.342 e. The van der Waals surface area contributed by atoms with Gasteiger partial charge in [0.15, 0.2) is 5.82 Å². The van der Waals surface area contributed by atoms with Crippen molar-refractivity contribution in [2.24, 2.45) is 0 Å². The lowest BCUT2D eigenvalue weighted by Crippen LogP contribution is -2.55. The molecule has 2 N–H and O–H groups in total. The highest BCUT2D eigenvalue weighted by Crippen LogP contribution is 2.27. The summed E-state index contributed by atoms with van der Waals surface area (Å²) >= 11 is 12.2. The molecule has 1 unspecified atom stereocenters. The third kappa shape index (κ3) is 5.04. The number of halogens is 2. The number of amides is 1. The average Bonchev–Trinajstić information content (AvgIpc) is 3.32. The van der Waals surface area contributed by atoms with Crippen LogP contribution >= 0.6 is 23.2 Å². The molecule has 1 heterocycles. The lowest BCUT2D eigenvalue weighted by Gasteiger charge is -2.23. The number of aliphatic carboxylic acids is 1. The van der Waals surface area contributed by atoms with Gasteiger partial charge in [0.1, 0.15) is 0 Å². The van der Waals surface area contributed by atoms with Crippen LogP contribution in [0.2, 0.25) is 10.0 Å². The molecule has 2 atom stereocenters. The first-order chi connectivity index (χ1) is 17.1. The fraction of sp³-hybridized carbons (Fsp3) is 0.120. The van der Waals surface area contributed by atoms with Gasteiger partial charge in [-0.15, -0.1) is 5.10 Å². The zero-order chi connectivity index (χ0) is 26.0. The molecule has 0 aliphatic carbocycles. The Labute approximate surface area is 219 Å². The maximum Gasteiger partial charge on any atom is 0.342 e. The SMILES string of the molecule is C[S@@](=O)C(C)(NC(=O)c1nc(-c2ccc(-c3ccccc3)cc2)nn1-c1ccc(Cl)c(Cl)c1)C(=O)O. The minimum Gasteiger partial charge on any atom is -0.479 e. The Kier molecular flexibility index (Phi) is 7.26. The van der Waals surface area contributed by atoms with Crippen molar-refractivity contribution in [3.05, 3.63) is 88.7 Å². The summed E-state index contributed by atoms with van der Waals surface area (Å²) in [5.41, 5.74) is 3.04. The van der Waals surface area contributed by atoms with Gasteiger partial charge in [0.25, 0.3) is 5.91 Å². The van der Waals surface area contributed by atoms with Gasteiger partial charge < -0.3 is 10.4 Å². The molecule has 8 nitrogen and oxygen atoms in total. The normalized spacial score (nSPS) is 13.6. The van der Waals surface area contributed by atoms with Crippen LogP contribution in [-0.2, 0) is 15.6 Å². The van der Waals surface area contributed by atoms with Gasteiger partial charge in [-0.25, -0.2) is 14.5 Å². The molecule has 1 aromatic heterocycles. The molecule has 0 fully saturated rings. The number of carboxylic acids is 1. The fourth-order valence-corrected chi connectivity index (χ4v) is 4.12. The van der Waals surface area contributed by atoms with E-state index in [1.165, 1.54) is 17.0 Å². The largest absolute Gasteiger partial charge is 0.479 e. The number of carboxylic acid groups (broad SMARTS) is 1. The highest BCUT2D eigenvalue weighted by atomic mass is 35.5. The van der Waals surface area contributed by atoms with E-state index < -0.39 is 27.5 Å². The number of hydrogen-bond donors (Lipinski definition) is 2. The van der Waals surface area contributed by atoms with Crippen molar-refractivity contribution in [2.75, 3.05) is 6.26 Å². The van der Waals surface area contributed by atoms with Gasteiger partial charge in [0, 0.05) is 11.8 Å². The first kappa shape index (κ1) is 25.6. The number of carbonyl (C=O) groups is 2. The maximum atomic E-state index is 13.2. The molecule has 4 rings (SSSR count). The summed E-state index contributed by atoms with van der Waals surface area (Å²) in [6, 6.07) is 21.9. The van der Waals surface area contributed by atoms with E-state index in [0.717, 1.165) is 18.1 Å². The van der Waals surface area contributed by atoms with Crippen LogP contribution in [0.5, 0.6) is 0 Å². The second-order valence-corrected chi connectivity index (χ2v) is 10.5. The predicted octanol–water partition coefficient (Wildman–Crippen LogP) is 4.82. The number of aromatic nitrogens is 3. The highest BCUT2D eigenvalue weighted by molar-refractivity contribution is 7.86. The monoisotopic (exact) mass is 542 g/mol. The lowest BCUT2D eigenvalue weighted by atomic mass is 10.0. The Morgan fingerprint density at radius 2 is 1.56 bits per heavy atom. The summed E-state index contributed by atoms with van der Waals surface area (Å²) in [7, 11) is -1.93. The average molecular weight is 543 g/mol. The van der Waals surface area contributed by atoms with E-state index in [2.05, 4.69) is 15.4 Å². The van der Waals surface area contributed by atoms with Crippen molar-refractivity contribution in [3.63, 3.8) is 0 Å². The van der Waals surface area contributed by atoms with Crippen molar-refractivity contribution < 1.29 is 18.9 Å².